The van der Waals surface area contributed by atoms with Crippen LogP contribution in [-0.2, 0) is 16.0 Å². The van der Waals surface area contributed by atoms with Gasteiger partial charge in [-0.3, -0.25) is 9.69 Å². The molecule has 0 aliphatic carbocycles. The highest BCUT2D eigenvalue weighted by Gasteiger charge is 2.31. The first-order valence-electron chi connectivity index (χ1n) is 9.70. The summed E-state index contributed by atoms with van der Waals surface area (Å²) in [6.07, 6.45) is 3.57. The van der Waals surface area contributed by atoms with Crippen LogP contribution in [0.3, 0.4) is 0 Å². The fraction of sp³-hybridized carbons (Fsp3) is 0.684. The lowest BCUT2D eigenvalue weighted by molar-refractivity contribution is -0.122. The number of nitrogens with zero attached hydrogens (tertiary/aromatic N) is 5. The second-order valence-corrected chi connectivity index (χ2v) is 7.46. The maximum absolute atomic E-state index is 12.5. The molecule has 0 spiro atoms. The molecule has 3 rings (SSSR count). The molecule has 1 atom stereocenters. The molecular weight excluding hydrogens is 344 g/mol. The summed E-state index contributed by atoms with van der Waals surface area (Å²) < 4.78 is 7.18. The molecule has 1 unspecified atom stereocenters. The number of nitrogens with one attached hydrogen (secondary N) is 1. The Labute approximate surface area is 160 Å². The summed E-state index contributed by atoms with van der Waals surface area (Å²) >= 11 is 0. The van der Waals surface area contributed by atoms with Crippen molar-refractivity contribution in [3.05, 3.63) is 23.3 Å². The third kappa shape index (κ3) is 4.27. The fourth-order valence-corrected chi connectivity index (χ4v) is 3.70. The van der Waals surface area contributed by atoms with Crippen LogP contribution >= 0.6 is 0 Å². The molecule has 27 heavy (non-hydrogen) atoms. The highest BCUT2D eigenvalue weighted by molar-refractivity contribution is 5.76. The van der Waals surface area contributed by atoms with Crippen molar-refractivity contribution >= 4 is 11.7 Å². The number of aromatic nitrogens is 4. The summed E-state index contributed by atoms with van der Waals surface area (Å²) in [5, 5.41) is 7.34. The van der Waals surface area contributed by atoms with Crippen LogP contribution in [0.5, 0.6) is 0 Å². The first-order chi connectivity index (χ1) is 12.9. The lowest BCUT2D eigenvalue weighted by Crippen LogP contribution is -2.56. The van der Waals surface area contributed by atoms with Crippen LogP contribution in [0, 0.1) is 13.8 Å². The molecule has 2 aromatic rings. The van der Waals surface area contributed by atoms with Crippen LogP contribution in [0.2, 0.25) is 0 Å². The standard InChI is InChI=1S/C19H30N6O2/c1-5-19(4,24-8-10-27-11-9-24)12-20-17(26)7-6-16-14(2)23-18-21-13-22-25(18)15(16)3/h13H,5-12H2,1-4H3,(H,20,26). The fourth-order valence-electron chi connectivity index (χ4n) is 3.70. The molecule has 0 aromatic carbocycles. The number of hydrogen-bond acceptors (Lipinski definition) is 6. The van der Waals surface area contributed by atoms with Crippen LogP contribution in [0.15, 0.2) is 6.33 Å². The van der Waals surface area contributed by atoms with Crippen molar-refractivity contribution in [1.29, 1.82) is 0 Å². The van der Waals surface area contributed by atoms with Gasteiger partial charge in [0, 0.05) is 43.0 Å². The second kappa shape index (κ2) is 8.31. The van der Waals surface area contributed by atoms with Gasteiger partial charge in [-0.2, -0.15) is 10.1 Å². The Morgan fingerprint density at radius 1 is 1.33 bits per heavy atom. The van der Waals surface area contributed by atoms with Crippen molar-refractivity contribution in [2.24, 2.45) is 0 Å². The Morgan fingerprint density at radius 3 is 2.78 bits per heavy atom. The minimum atomic E-state index is -0.0352. The lowest BCUT2D eigenvalue weighted by atomic mass is 9.95. The molecule has 148 valence electrons. The van der Waals surface area contributed by atoms with Crippen LogP contribution in [0.1, 0.15) is 43.6 Å². The minimum absolute atomic E-state index is 0.0352. The number of hydrogen-bond donors (Lipinski definition) is 1. The van der Waals surface area contributed by atoms with Gasteiger partial charge < -0.3 is 10.1 Å². The number of fused-ring (bicyclic) bond motifs is 1. The Kier molecular flexibility index (Phi) is 6.06. The van der Waals surface area contributed by atoms with Crippen molar-refractivity contribution in [1.82, 2.24) is 29.8 Å². The summed E-state index contributed by atoms with van der Waals surface area (Å²) in [5.41, 5.74) is 2.93. The molecule has 1 aliphatic rings. The lowest BCUT2D eigenvalue weighted by Gasteiger charge is -2.43. The van der Waals surface area contributed by atoms with E-state index in [0.29, 0.717) is 25.2 Å². The van der Waals surface area contributed by atoms with E-state index in [0.717, 1.165) is 49.7 Å². The summed E-state index contributed by atoms with van der Waals surface area (Å²) in [5.74, 6) is 0.669. The van der Waals surface area contributed by atoms with E-state index in [9.17, 15) is 4.79 Å². The Hall–Kier alpha value is -2.06. The third-order valence-corrected chi connectivity index (χ3v) is 5.79. The maximum atomic E-state index is 12.5. The van der Waals surface area contributed by atoms with Gasteiger partial charge in [0.1, 0.15) is 6.33 Å². The molecule has 2 aromatic heterocycles. The average molecular weight is 374 g/mol. The van der Waals surface area contributed by atoms with Crippen molar-refractivity contribution in [2.75, 3.05) is 32.8 Å². The van der Waals surface area contributed by atoms with Gasteiger partial charge in [0.05, 0.1) is 13.2 Å². The summed E-state index contributed by atoms with van der Waals surface area (Å²) in [6.45, 7) is 12.4. The monoisotopic (exact) mass is 374 g/mol. The first-order valence-corrected chi connectivity index (χ1v) is 9.70. The predicted octanol–water partition coefficient (Wildman–Crippen LogP) is 1.29. The van der Waals surface area contributed by atoms with Gasteiger partial charge in [-0.1, -0.05) is 6.92 Å². The molecule has 8 heteroatoms. The number of amides is 1. The second-order valence-electron chi connectivity index (χ2n) is 7.46. The molecule has 1 saturated heterocycles. The number of morpholine rings is 1. The van der Waals surface area contributed by atoms with E-state index in [2.05, 4.69) is 39.1 Å². The third-order valence-electron chi connectivity index (χ3n) is 5.79. The van der Waals surface area contributed by atoms with Gasteiger partial charge in [0.2, 0.25) is 5.91 Å². The minimum Gasteiger partial charge on any atom is -0.379 e. The molecule has 1 aliphatic heterocycles. The van der Waals surface area contributed by atoms with Gasteiger partial charge in [-0.25, -0.2) is 9.50 Å². The first kappa shape index (κ1) is 19.7. The number of aryl methyl sites for hydroxylation is 2. The number of carbonyl (C=O) groups is 1. The van der Waals surface area contributed by atoms with Gasteiger partial charge in [0.15, 0.2) is 0 Å². The Morgan fingerprint density at radius 2 is 2.07 bits per heavy atom. The van der Waals surface area contributed by atoms with E-state index < -0.39 is 0 Å². The number of rotatable bonds is 7. The van der Waals surface area contributed by atoms with Crippen molar-refractivity contribution < 1.29 is 9.53 Å². The van der Waals surface area contributed by atoms with Crippen LogP contribution in [0.25, 0.3) is 5.78 Å². The summed E-state index contributed by atoms with van der Waals surface area (Å²) in [4.78, 5) is 23.5. The highest BCUT2D eigenvalue weighted by Crippen LogP contribution is 2.20. The summed E-state index contributed by atoms with van der Waals surface area (Å²) in [7, 11) is 0. The SMILES string of the molecule is CCC(C)(CNC(=O)CCc1c(C)nc2ncnn2c1C)N1CCOCC1. The molecule has 1 fully saturated rings. The van der Waals surface area contributed by atoms with E-state index in [1.165, 1.54) is 6.33 Å². The van der Waals surface area contributed by atoms with Crippen molar-refractivity contribution in [3.63, 3.8) is 0 Å². The van der Waals surface area contributed by atoms with Gasteiger partial charge in [-0.15, -0.1) is 0 Å². The molecular formula is C19H30N6O2. The van der Waals surface area contributed by atoms with Gasteiger partial charge in [-0.05, 0) is 39.2 Å². The predicted molar refractivity (Wildman–Crippen MR) is 103 cm³/mol. The molecule has 1 N–H and O–H groups in total. The Bertz CT molecular complexity index is 799. The van der Waals surface area contributed by atoms with Gasteiger partial charge in [0.25, 0.3) is 5.78 Å². The smallest absolute Gasteiger partial charge is 0.252 e. The average Bonchev–Trinajstić information content (AvgIpc) is 3.15. The maximum Gasteiger partial charge on any atom is 0.252 e. The van der Waals surface area contributed by atoms with Gasteiger partial charge >= 0.3 is 0 Å². The molecule has 1 amide bonds. The van der Waals surface area contributed by atoms with E-state index in [-0.39, 0.29) is 11.4 Å². The number of ether oxygens (including phenoxy) is 1. The largest absolute Gasteiger partial charge is 0.379 e. The summed E-state index contributed by atoms with van der Waals surface area (Å²) in [6, 6.07) is 0. The van der Waals surface area contributed by atoms with E-state index in [1.807, 2.05) is 13.8 Å². The Balaban J connectivity index is 1.58. The zero-order valence-electron chi connectivity index (χ0n) is 16.8. The molecule has 0 bridgehead atoms. The zero-order valence-corrected chi connectivity index (χ0v) is 16.8. The van der Waals surface area contributed by atoms with Crippen molar-refractivity contribution in [3.8, 4) is 0 Å². The van der Waals surface area contributed by atoms with Crippen LogP contribution in [-0.4, -0.2) is 68.8 Å². The van der Waals surface area contributed by atoms with E-state index in [4.69, 9.17) is 4.74 Å². The topological polar surface area (TPSA) is 84.7 Å². The molecule has 3 heterocycles. The molecule has 0 radical (unpaired) electrons. The van der Waals surface area contributed by atoms with Crippen LogP contribution < -0.4 is 5.32 Å². The molecule has 8 nitrogen and oxygen atoms in total. The van der Waals surface area contributed by atoms with Crippen molar-refractivity contribution in [2.45, 2.75) is 52.5 Å². The molecule has 0 saturated carbocycles. The highest BCUT2D eigenvalue weighted by atomic mass is 16.5. The van der Waals surface area contributed by atoms with E-state index >= 15 is 0 Å². The zero-order chi connectivity index (χ0) is 19.4. The quantitative estimate of drug-likeness (QED) is 0.786. The number of carbonyl (C=O) groups excluding carboxylic acids is 1. The van der Waals surface area contributed by atoms with Crippen LogP contribution in [0.4, 0.5) is 0 Å². The normalized spacial score (nSPS) is 17.8. The van der Waals surface area contributed by atoms with E-state index in [1.54, 1.807) is 4.52 Å².